The molecule has 0 saturated carbocycles. The van der Waals surface area contributed by atoms with Crippen molar-refractivity contribution < 1.29 is 9.59 Å². The van der Waals surface area contributed by atoms with Crippen LogP contribution in [-0.2, 0) is 17.9 Å². The van der Waals surface area contributed by atoms with Gasteiger partial charge in [-0.3, -0.25) is 9.59 Å². The molecule has 0 fully saturated rings. The summed E-state index contributed by atoms with van der Waals surface area (Å²) in [5.41, 5.74) is 3.50. The summed E-state index contributed by atoms with van der Waals surface area (Å²) in [6.45, 7) is 3.93. The van der Waals surface area contributed by atoms with Crippen LogP contribution in [0.1, 0.15) is 28.4 Å². The molecule has 7 nitrogen and oxygen atoms in total. The van der Waals surface area contributed by atoms with Gasteiger partial charge in [0.1, 0.15) is 6.54 Å². The van der Waals surface area contributed by atoms with E-state index in [1.54, 1.807) is 12.1 Å². The lowest BCUT2D eigenvalue weighted by molar-refractivity contribution is -0.119. The summed E-state index contributed by atoms with van der Waals surface area (Å²) in [6, 6.07) is 14.9. The van der Waals surface area contributed by atoms with Gasteiger partial charge in [-0.1, -0.05) is 54.1 Å². The molecule has 0 aliphatic carbocycles. The van der Waals surface area contributed by atoms with Gasteiger partial charge in [-0.05, 0) is 17.7 Å². The third kappa shape index (κ3) is 4.38. The number of nitrogens with one attached hydrogen (secondary N) is 1. The van der Waals surface area contributed by atoms with E-state index in [-0.39, 0.29) is 18.2 Å². The molecule has 7 heteroatoms. The van der Waals surface area contributed by atoms with E-state index in [0.29, 0.717) is 17.9 Å². The molecule has 0 spiro atoms. The molecule has 1 aromatic heterocycles. The van der Waals surface area contributed by atoms with Crippen LogP contribution in [0.25, 0.3) is 11.4 Å². The molecular formula is C19H19N5O2. The Morgan fingerprint density at radius 1 is 1.04 bits per heavy atom. The number of carbonyl (C=O) groups excluding carboxylic acids is 2. The Morgan fingerprint density at radius 3 is 2.38 bits per heavy atom. The monoisotopic (exact) mass is 349 g/mol. The van der Waals surface area contributed by atoms with Crippen LogP contribution in [0.5, 0.6) is 0 Å². The minimum Gasteiger partial charge on any atom is -0.352 e. The zero-order valence-corrected chi connectivity index (χ0v) is 14.6. The van der Waals surface area contributed by atoms with Crippen molar-refractivity contribution in [2.45, 2.75) is 26.9 Å². The minimum absolute atomic E-state index is 0.0178. The number of carbonyl (C=O) groups is 2. The third-order valence-electron chi connectivity index (χ3n) is 3.87. The largest absolute Gasteiger partial charge is 0.352 e. The summed E-state index contributed by atoms with van der Waals surface area (Å²) in [7, 11) is 0. The third-order valence-corrected chi connectivity index (χ3v) is 3.87. The maximum absolute atomic E-state index is 12.4. The molecular weight excluding hydrogens is 330 g/mol. The van der Waals surface area contributed by atoms with E-state index < -0.39 is 0 Å². The molecule has 1 amide bonds. The van der Waals surface area contributed by atoms with Gasteiger partial charge in [0.15, 0.2) is 5.78 Å². The van der Waals surface area contributed by atoms with E-state index in [0.717, 1.165) is 16.7 Å². The fourth-order valence-corrected chi connectivity index (χ4v) is 2.38. The number of benzene rings is 2. The molecule has 0 radical (unpaired) electrons. The Morgan fingerprint density at radius 2 is 1.73 bits per heavy atom. The van der Waals surface area contributed by atoms with Gasteiger partial charge in [0.2, 0.25) is 11.7 Å². The predicted octanol–water partition coefficient (Wildman–Crippen LogP) is 2.17. The quantitative estimate of drug-likeness (QED) is 0.689. The van der Waals surface area contributed by atoms with Crippen molar-refractivity contribution in [3.63, 3.8) is 0 Å². The number of rotatable bonds is 6. The summed E-state index contributed by atoms with van der Waals surface area (Å²) < 4.78 is 0. The highest BCUT2D eigenvalue weighted by Crippen LogP contribution is 2.14. The zero-order chi connectivity index (χ0) is 18.5. The molecule has 0 aliphatic heterocycles. The van der Waals surface area contributed by atoms with Crippen LogP contribution in [0.15, 0.2) is 48.5 Å². The average molecular weight is 349 g/mol. The molecule has 0 saturated heterocycles. The average Bonchev–Trinajstić information content (AvgIpc) is 3.09. The van der Waals surface area contributed by atoms with E-state index in [1.807, 2.05) is 43.3 Å². The van der Waals surface area contributed by atoms with Gasteiger partial charge in [-0.2, -0.15) is 4.80 Å². The number of tetrazole rings is 1. The molecule has 3 aromatic rings. The van der Waals surface area contributed by atoms with E-state index in [9.17, 15) is 9.59 Å². The van der Waals surface area contributed by atoms with Crippen molar-refractivity contribution in [2.24, 2.45) is 0 Å². The lowest BCUT2D eigenvalue weighted by Gasteiger charge is -2.04. The van der Waals surface area contributed by atoms with E-state index in [4.69, 9.17) is 0 Å². The van der Waals surface area contributed by atoms with Crippen LogP contribution in [-0.4, -0.2) is 31.9 Å². The maximum Gasteiger partial charge on any atom is 0.217 e. The minimum atomic E-state index is -0.107. The second-order valence-electron chi connectivity index (χ2n) is 6.04. The van der Waals surface area contributed by atoms with Crippen molar-refractivity contribution in [3.8, 4) is 11.4 Å². The van der Waals surface area contributed by atoms with Gasteiger partial charge >= 0.3 is 0 Å². The lowest BCUT2D eigenvalue weighted by atomic mass is 10.1. The molecule has 1 heterocycles. The number of aromatic nitrogens is 4. The fraction of sp³-hybridized carbons (Fsp3) is 0.211. The van der Waals surface area contributed by atoms with E-state index in [1.165, 1.54) is 11.7 Å². The maximum atomic E-state index is 12.4. The number of nitrogens with zero attached hydrogens (tertiary/aromatic N) is 4. The van der Waals surface area contributed by atoms with Crippen LogP contribution in [0.3, 0.4) is 0 Å². The van der Waals surface area contributed by atoms with Crippen LogP contribution in [0.2, 0.25) is 0 Å². The topological polar surface area (TPSA) is 89.8 Å². The van der Waals surface area contributed by atoms with Gasteiger partial charge in [0.05, 0.1) is 0 Å². The summed E-state index contributed by atoms with van der Waals surface area (Å²) in [4.78, 5) is 24.6. The highest BCUT2D eigenvalue weighted by atomic mass is 16.1. The summed E-state index contributed by atoms with van der Waals surface area (Å²) in [6.07, 6.45) is 0. The number of aryl methyl sites for hydroxylation is 1. The first-order valence-electron chi connectivity index (χ1n) is 8.23. The molecule has 3 rings (SSSR count). The highest BCUT2D eigenvalue weighted by molar-refractivity contribution is 5.95. The van der Waals surface area contributed by atoms with Crippen LogP contribution >= 0.6 is 0 Å². The van der Waals surface area contributed by atoms with Crippen molar-refractivity contribution in [3.05, 3.63) is 65.2 Å². The normalized spacial score (nSPS) is 10.5. The zero-order valence-electron chi connectivity index (χ0n) is 14.6. The summed E-state index contributed by atoms with van der Waals surface area (Å²) in [5, 5.41) is 14.9. The molecule has 0 aliphatic rings. The van der Waals surface area contributed by atoms with Crippen molar-refractivity contribution in [1.82, 2.24) is 25.5 Å². The van der Waals surface area contributed by atoms with Gasteiger partial charge in [0.25, 0.3) is 0 Å². The number of ketones is 1. The Labute approximate surface area is 151 Å². The Balaban J connectivity index is 1.64. The number of hydrogen-bond acceptors (Lipinski definition) is 5. The molecule has 0 unspecified atom stereocenters. The van der Waals surface area contributed by atoms with E-state index >= 15 is 0 Å². The smallest absolute Gasteiger partial charge is 0.217 e. The summed E-state index contributed by atoms with van der Waals surface area (Å²) >= 11 is 0. The van der Waals surface area contributed by atoms with Crippen molar-refractivity contribution in [1.29, 1.82) is 0 Å². The number of Topliss-reactive ketones (excluding diaryl/α,β-unsaturated/α-hetero) is 1. The van der Waals surface area contributed by atoms with E-state index in [2.05, 4.69) is 20.7 Å². The SMILES string of the molecule is CC(=O)NCc1ccc(C(=O)Cn2nnc(-c3ccc(C)cc3)n2)cc1. The molecule has 132 valence electrons. The second kappa shape index (κ2) is 7.69. The summed E-state index contributed by atoms with van der Waals surface area (Å²) in [5.74, 6) is 0.291. The van der Waals surface area contributed by atoms with Gasteiger partial charge in [-0.25, -0.2) is 0 Å². The molecule has 2 aromatic carbocycles. The number of hydrogen-bond donors (Lipinski definition) is 1. The molecule has 0 bridgehead atoms. The second-order valence-corrected chi connectivity index (χ2v) is 6.04. The van der Waals surface area contributed by atoms with Gasteiger partial charge in [0, 0.05) is 24.6 Å². The van der Waals surface area contributed by atoms with Gasteiger partial charge < -0.3 is 5.32 Å². The Hall–Kier alpha value is -3.35. The van der Waals surface area contributed by atoms with Crippen LogP contribution in [0.4, 0.5) is 0 Å². The molecule has 26 heavy (non-hydrogen) atoms. The van der Waals surface area contributed by atoms with Crippen LogP contribution < -0.4 is 5.32 Å². The fourth-order valence-electron chi connectivity index (χ4n) is 2.38. The number of amides is 1. The van der Waals surface area contributed by atoms with Crippen molar-refractivity contribution in [2.75, 3.05) is 0 Å². The standard InChI is InChI=1S/C19H19N5O2/c1-13-3-7-17(8-4-13)19-21-23-24(22-19)12-18(26)16-9-5-15(6-10-16)11-20-14(2)25/h3-10H,11-12H2,1-2H3,(H,20,25). The first kappa shape index (κ1) is 17.5. The molecule has 1 N–H and O–H groups in total. The van der Waals surface area contributed by atoms with Gasteiger partial charge in [-0.15, -0.1) is 10.2 Å². The first-order valence-corrected chi connectivity index (χ1v) is 8.23. The predicted molar refractivity (Wildman–Crippen MR) is 96.3 cm³/mol. The van der Waals surface area contributed by atoms with Crippen LogP contribution in [0, 0.1) is 6.92 Å². The first-order chi connectivity index (χ1) is 12.5. The highest BCUT2D eigenvalue weighted by Gasteiger charge is 2.11. The Bertz CT molecular complexity index is 914. The lowest BCUT2D eigenvalue weighted by Crippen LogP contribution is -2.19. The molecule has 0 atom stereocenters. The van der Waals surface area contributed by atoms with Crippen molar-refractivity contribution >= 4 is 11.7 Å². The Kier molecular flexibility index (Phi) is 5.17.